The summed E-state index contributed by atoms with van der Waals surface area (Å²) in [6, 6.07) is 6.61. The summed E-state index contributed by atoms with van der Waals surface area (Å²) in [5.74, 6) is 0.0695. The lowest BCUT2D eigenvalue weighted by Crippen LogP contribution is -1.84. The maximum atomic E-state index is 13.2. The molecule has 0 atom stereocenters. The van der Waals surface area contributed by atoms with Crippen molar-refractivity contribution in [2.45, 2.75) is 0 Å². The minimum Gasteiger partial charge on any atom is -0.463 e. The first-order valence-corrected chi connectivity index (χ1v) is 5.98. The Morgan fingerprint density at radius 2 is 2.22 bits per heavy atom. The van der Waals surface area contributed by atoms with Gasteiger partial charge in [0.05, 0.1) is 11.1 Å². The van der Waals surface area contributed by atoms with Crippen molar-refractivity contribution in [2.24, 2.45) is 0 Å². The van der Waals surface area contributed by atoms with Gasteiger partial charge in [-0.05, 0) is 18.2 Å². The number of anilines is 1. The van der Waals surface area contributed by atoms with Crippen LogP contribution < -0.4 is 5.73 Å². The molecule has 2 N–H and O–H groups in total. The van der Waals surface area contributed by atoms with Gasteiger partial charge in [-0.3, -0.25) is 0 Å². The second-order valence-electron chi connectivity index (χ2n) is 3.57. The molecule has 0 fully saturated rings. The normalized spacial score (nSPS) is 10.7. The van der Waals surface area contributed by atoms with Crippen molar-refractivity contribution >= 4 is 16.5 Å². The number of nitrogens with zero attached hydrogens (tertiary/aromatic N) is 2. The van der Waals surface area contributed by atoms with Crippen LogP contribution >= 0.6 is 11.3 Å². The second kappa shape index (κ2) is 4.23. The van der Waals surface area contributed by atoms with Crippen LogP contribution in [0.25, 0.3) is 21.9 Å². The van der Waals surface area contributed by atoms with E-state index in [1.54, 1.807) is 24.5 Å². The molecule has 6 heteroatoms. The Labute approximate surface area is 106 Å². The first-order valence-electron chi connectivity index (χ1n) is 5.16. The molecule has 0 spiro atoms. The van der Waals surface area contributed by atoms with Gasteiger partial charge in [-0.25, -0.2) is 9.97 Å². The van der Waals surface area contributed by atoms with E-state index in [1.165, 1.54) is 23.6 Å². The first kappa shape index (κ1) is 10.9. The molecule has 4 nitrogen and oxygen atoms in total. The largest absolute Gasteiger partial charge is 0.463 e. The maximum absolute atomic E-state index is 13.2. The quantitative estimate of drug-likeness (QED) is 0.719. The highest BCUT2D eigenvalue weighted by molar-refractivity contribution is 7.19. The van der Waals surface area contributed by atoms with Crippen molar-refractivity contribution in [2.75, 3.05) is 5.73 Å². The molecule has 0 aromatic carbocycles. The molecular formula is C12H8FN3OS. The lowest BCUT2D eigenvalue weighted by molar-refractivity contribution is 0.580. The van der Waals surface area contributed by atoms with Gasteiger partial charge in [-0.2, -0.15) is 4.39 Å². The molecule has 0 amide bonds. The Balaban J connectivity index is 2.18. The Kier molecular flexibility index (Phi) is 2.56. The molecule has 90 valence electrons. The Morgan fingerprint density at radius 3 is 2.94 bits per heavy atom. The fourth-order valence-corrected chi connectivity index (χ4v) is 2.49. The highest BCUT2D eigenvalue weighted by atomic mass is 32.1. The summed E-state index contributed by atoms with van der Waals surface area (Å²) < 4.78 is 18.5. The van der Waals surface area contributed by atoms with E-state index in [1.807, 2.05) is 0 Å². The molecule has 0 aliphatic heterocycles. The summed E-state index contributed by atoms with van der Waals surface area (Å²) in [5, 5.41) is 0.411. The molecular weight excluding hydrogens is 253 g/mol. The van der Waals surface area contributed by atoms with Gasteiger partial charge in [-0.1, -0.05) is 11.3 Å². The standard InChI is InChI=1S/C12H8FN3OS/c13-9-6-7(3-4-15-9)11-10(16-12(14)18-11)8-2-1-5-17-8/h1-6H,(H2,14,16). The van der Waals surface area contributed by atoms with Gasteiger partial charge in [0.25, 0.3) is 0 Å². The van der Waals surface area contributed by atoms with Crippen LogP contribution in [0.15, 0.2) is 41.1 Å². The number of aromatic nitrogens is 2. The lowest BCUT2D eigenvalue weighted by atomic mass is 10.2. The van der Waals surface area contributed by atoms with Gasteiger partial charge in [0.1, 0.15) is 5.69 Å². The zero-order valence-electron chi connectivity index (χ0n) is 9.13. The van der Waals surface area contributed by atoms with Crippen molar-refractivity contribution < 1.29 is 8.81 Å². The van der Waals surface area contributed by atoms with Crippen LogP contribution in [-0.4, -0.2) is 9.97 Å². The topological polar surface area (TPSA) is 64.9 Å². The second-order valence-corrected chi connectivity index (χ2v) is 4.61. The maximum Gasteiger partial charge on any atom is 0.213 e. The van der Waals surface area contributed by atoms with E-state index < -0.39 is 5.95 Å². The van der Waals surface area contributed by atoms with Gasteiger partial charge in [0.15, 0.2) is 10.9 Å². The number of thiazole rings is 1. The number of hydrogen-bond acceptors (Lipinski definition) is 5. The fourth-order valence-electron chi connectivity index (χ4n) is 1.66. The number of rotatable bonds is 2. The number of hydrogen-bond donors (Lipinski definition) is 1. The number of furan rings is 1. The van der Waals surface area contributed by atoms with E-state index in [2.05, 4.69) is 9.97 Å². The van der Waals surface area contributed by atoms with Gasteiger partial charge in [0.2, 0.25) is 5.95 Å². The molecule has 0 aliphatic carbocycles. The Hall–Kier alpha value is -2.21. The minimum absolute atomic E-state index is 0.411. The van der Waals surface area contributed by atoms with Crippen molar-refractivity contribution in [1.29, 1.82) is 0 Å². The van der Waals surface area contributed by atoms with Crippen molar-refractivity contribution in [3.63, 3.8) is 0 Å². The molecule has 3 aromatic heterocycles. The molecule has 18 heavy (non-hydrogen) atoms. The number of halogens is 1. The van der Waals surface area contributed by atoms with Crippen LogP contribution in [0.1, 0.15) is 0 Å². The molecule has 3 heterocycles. The Morgan fingerprint density at radius 1 is 1.33 bits per heavy atom. The molecule has 0 radical (unpaired) electrons. The third-order valence-electron chi connectivity index (χ3n) is 2.39. The predicted molar refractivity (Wildman–Crippen MR) is 67.4 cm³/mol. The van der Waals surface area contributed by atoms with Gasteiger partial charge in [-0.15, -0.1) is 0 Å². The molecule has 0 saturated carbocycles. The summed E-state index contributed by atoms with van der Waals surface area (Å²) in [7, 11) is 0. The van der Waals surface area contributed by atoms with Gasteiger partial charge in [0, 0.05) is 17.8 Å². The van der Waals surface area contributed by atoms with Crippen LogP contribution in [0, 0.1) is 5.95 Å². The predicted octanol–water partition coefficient (Wildman–Crippen LogP) is 3.19. The van der Waals surface area contributed by atoms with Crippen LogP contribution in [-0.2, 0) is 0 Å². The average Bonchev–Trinajstić information content (AvgIpc) is 2.97. The van der Waals surface area contributed by atoms with E-state index >= 15 is 0 Å². The molecule has 0 saturated heterocycles. The van der Waals surface area contributed by atoms with Gasteiger partial charge < -0.3 is 10.2 Å². The third-order valence-corrected chi connectivity index (χ3v) is 3.32. The summed E-state index contributed by atoms with van der Waals surface area (Å²) in [6.45, 7) is 0. The van der Waals surface area contributed by atoms with E-state index in [-0.39, 0.29) is 0 Å². The van der Waals surface area contributed by atoms with Crippen LogP contribution in [0.5, 0.6) is 0 Å². The molecule has 3 aromatic rings. The SMILES string of the molecule is Nc1nc(-c2ccco2)c(-c2ccnc(F)c2)s1. The lowest BCUT2D eigenvalue weighted by Gasteiger charge is -1.99. The smallest absolute Gasteiger partial charge is 0.213 e. The van der Waals surface area contributed by atoms with Crippen LogP contribution in [0.3, 0.4) is 0 Å². The number of nitrogens with two attached hydrogens (primary N) is 1. The number of pyridine rings is 1. The Bertz CT molecular complexity index is 678. The highest BCUT2D eigenvalue weighted by Gasteiger charge is 2.16. The van der Waals surface area contributed by atoms with E-state index in [9.17, 15) is 4.39 Å². The number of nitrogen functional groups attached to an aromatic ring is 1. The first-order chi connectivity index (χ1) is 8.74. The zero-order chi connectivity index (χ0) is 12.5. The zero-order valence-corrected chi connectivity index (χ0v) is 9.95. The minimum atomic E-state index is -0.537. The average molecular weight is 261 g/mol. The van der Waals surface area contributed by atoms with Crippen molar-refractivity contribution in [3.8, 4) is 21.9 Å². The summed E-state index contributed by atoms with van der Waals surface area (Å²) in [5.41, 5.74) is 7.02. The van der Waals surface area contributed by atoms with E-state index in [4.69, 9.17) is 10.2 Å². The molecule has 0 unspecified atom stereocenters. The van der Waals surface area contributed by atoms with Gasteiger partial charge >= 0.3 is 0 Å². The third kappa shape index (κ3) is 1.86. The summed E-state index contributed by atoms with van der Waals surface area (Å²) in [4.78, 5) is 8.51. The van der Waals surface area contributed by atoms with E-state index in [0.717, 1.165) is 4.88 Å². The van der Waals surface area contributed by atoms with Crippen molar-refractivity contribution in [3.05, 3.63) is 42.7 Å². The van der Waals surface area contributed by atoms with Crippen molar-refractivity contribution in [1.82, 2.24) is 9.97 Å². The summed E-state index contributed by atoms with van der Waals surface area (Å²) in [6.07, 6.45) is 2.97. The molecule has 3 rings (SSSR count). The van der Waals surface area contributed by atoms with Crippen LogP contribution in [0.4, 0.5) is 9.52 Å². The van der Waals surface area contributed by atoms with Crippen LogP contribution in [0.2, 0.25) is 0 Å². The monoisotopic (exact) mass is 261 g/mol. The fraction of sp³-hybridized carbons (Fsp3) is 0. The van der Waals surface area contributed by atoms with E-state index in [0.29, 0.717) is 22.1 Å². The molecule has 0 bridgehead atoms. The molecule has 0 aliphatic rings. The highest BCUT2D eigenvalue weighted by Crippen LogP contribution is 2.37. The summed E-state index contributed by atoms with van der Waals surface area (Å²) >= 11 is 1.29.